The second kappa shape index (κ2) is 11.0. The van der Waals surface area contributed by atoms with Crippen LogP contribution in [0.2, 0.25) is 5.02 Å². The van der Waals surface area contributed by atoms with Crippen molar-refractivity contribution >= 4 is 29.2 Å². The molecule has 5 rings (SSSR count). The van der Waals surface area contributed by atoms with Crippen LogP contribution in [-0.2, 0) is 6.54 Å². The third-order valence-corrected chi connectivity index (χ3v) is 5.81. The van der Waals surface area contributed by atoms with Crippen molar-refractivity contribution in [3.8, 4) is 16.9 Å². The van der Waals surface area contributed by atoms with Gasteiger partial charge in [0.15, 0.2) is 5.69 Å². The number of nitrogens with zero attached hydrogens (tertiary/aromatic N) is 5. The molecule has 3 heterocycles. The van der Waals surface area contributed by atoms with Gasteiger partial charge in [-0.25, -0.2) is 19.0 Å². The largest absolute Gasteiger partial charge is 0.345 e. The first kappa shape index (κ1) is 24.7. The monoisotopic (exact) mass is 527 g/mol. The number of amides is 2. The van der Waals surface area contributed by atoms with E-state index in [1.54, 1.807) is 54.7 Å². The number of carbonyl (C=O) groups excluding carboxylic acids is 2. The van der Waals surface area contributed by atoms with Crippen LogP contribution in [0.4, 0.5) is 10.2 Å². The lowest BCUT2D eigenvalue weighted by molar-refractivity contribution is 0.0944. The number of halogens is 2. The molecule has 0 aliphatic carbocycles. The molecule has 5 aromatic rings. The van der Waals surface area contributed by atoms with Gasteiger partial charge in [-0.2, -0.15) is 5.10 Å². The van der Waals surface area contributed by atoms with Crippen molar-refractivity contribution in [1.29, 1.82) is 0 Å². The van der Waals surface area contributed by atoms with Crippen LogP contribution in [0.25, 0.3) is 16.9 Å². The quantitative estimate of drug-likeness (QED) is 0.317. The second-order valence-electron chi connectivity index (χ2n) is 8.03. The number of hydrogen-bond donors (Lipinski definition) is 2. The van der Waals surface area contributed by atoms with Gasteiger partial charge < -0.3 is 10.6 Å². The SMILES string of the molecule is O=C(NCc1ccncn1)c1cc(NC(=O)c2cc(-c3ccccn3)c(F)cc2Cl)n(-c2ccccc2)n1. The van der Waals surface area contributed by atoms with Crippen LogP contribution in [0.3, 0.4) is 0 Å². The zero-order valence-corrected chi connectivity index (χ0v) is 20.4. The highest BCUT2D eigenvalue weighted by atomic mass is 35.5. The Labute approximate surface area is 221 Å². The van der Waals surface area contributed by atoms with Crippen molar-refractivity contribution in [3.63, 3.8) is 0 Å². The Kier molecular flexibility index (Phi) is 7.14. The van der Waals surface area contributed by atoms with Crippen molar-refractivity contribution < 1.29 is 14.0 Å². The Morgan fingerprint density at radius 3 is 2.47 bits per heavy atom. The highest BCUT2D eigenvalue weighted by Gasteiger charge is 2.21. The zero-order valence-electron chi connectivity index (χ0n) is 19.7. The molecule has 11 heteroatoms. The minimum absolute atomic E-state index is 0.0318. The lowest BCUT2D eigenvalue weighted by atomic mass is 10.1. The van der Waals surface area contributed by atoms with Gasteiger partial charge in [0.25, 0.3) is 11.8 Å². The normalized spacial score (nSPS) is 10.7. The summed E-state index contributed by atoms with van der Waals surface area (Å²) in [5.41, 5.74) is 1.81. The molecule has 0 aliphatic heterocycles. The number of para-hydroxylation sites is 1. The van der Waals surface area contributed by atoms with E-state index in [2.05, 4.69) is 30.7 Å². The highest BCUT2D eigenvalue weighted by molar-refractivity contribution is 6.34. The molecule has 2 aromatic carbocycles. The third kappa shape index (κ3) is 5.40. The molecule has 2 N–H and O–H groups in total. The summed E-state index contributed by atoms with van der Waals surface area (Å²) in [6.07, 6.45) is 4.49. The summed E-state index contributed by atoms with van der Waals surface area (Å²) in [5.74, 6) is -1.47. The summed E-state index contributed by atoms with van der Waals surface area (Å²) in [7, 11) is 0. The van der Waals surface area contributed by atoms with Crippen LogP contribution in [0.5, 0.6) is 0 Å². The average Bonchev–Trinajstić information content (AvgIpc) is 3.37. The molecule has 188 valence electrons. The van der Waals surface area contributed by atoms with Gasteiger partial charge in [0.1, 0.15) is 18.0 Å². The number of benzene rings is 2. The molecule has 0 saturated carbocycles. The van der Waals surface area contributed by atoms with Crippen LogP contribution in [0.1, 0.15) is 26.5 Å². The van der Waals surface area contributed by atoms with Crippen LogP contribution in [0.15, 0.2) is 91.5 Å². The molecule has 0 saturated heterocycles. The highest BCUT2D eigenvalue weighted by Crippen LogP contribution is 2.28. The van der Waals surface area contributed by atoms with Gasteiger partial charge in [-0.05, 0) is 42.5 Å². The Bertz CT molecular complexity index is 1600. The maximum atomic E-state index is 14.7. The molecule has 2 amide bonds. The van der Waals surface area contributed by atoms with Crippen molar-refractivity contribution in [3.05, 3.63) is 119 Å². The lowest BCUT2D eigenvalue weighted by Crippen LogP contribution is -2.23. The van der Waals surface area contributed by atoms with E-state index in [1.807, 2.05) is 6.07 Å². The fraction of sp³-hybridized carbons (Fsp3) is 0.0370. The first-order chi connectivity index (χ1) is 18.5. The number of rotatable bonds is 7. The summed E-state index contributed by atoms with van der Waals surface area (Å²) < 4.78 is 16.1. The van der Waals surface area contributed by atoms with E-state index in [0.29, 0.717) is 17.1 Å². The number of carbonyl (C=O) groups is 2. The maximum absolute atomic E-state index is 14.7. The number of aromatic nitrogens is 5. The van der Waals surface area contributed by atoms with Crippen molar-refractivity contribution in [1.82, 2.24) is 30.0 Å². The van der Waals surface area contributed by atoms with Gasteiger partial charge in [0.2, 0.25) is 0 Å². The predicted octanol–water partition coefficient (Wildman–Crippen LogP) is 4.70. The first-order valence-electron chi connectivity index (χ1n) is 11.4. The maximum Gasteiger partial charge on any atom is 0.272 e. The van der Waals surface area contributed by atoms with E-state index in [9.17, 15) is 14.0 Å². The smallest absolute Gasteiger partial charge is 0.272 e. The van der Waals surface area contributed by atoms with E-state index < -0.39 is 17.6 Å². The van der Waals surface area contributed by atoms with Crippen LogP contribution in [0, 0.1) is 5.82 Å². The molecule has 0 aliphatic rings. The lowest BCUT2D eigenvalue weighted by Gasteiger charge is -2.11. The fourth-order valence-electron chi connectivity index (χ4n) is 3.66. The van der Waals surface area contributed by atoms with Gasteiger partial charge >= 0.3 is 0 Å². The summed E-state index contributed by atoms with van der Waals surface area (Å²) >= 11 is 6.24. The van der Waals surface area contributed by atoms with Crippen molar-refractivity contribution in [2.75, 3.05) is 5.32 Å². The van der Waals surface area contributed by atoms with E-state index in [0.717, 1.165) is 6.07 Å². The average molecular weight is 528 g/mol. The topological polar surface area (TPSA) is 115 Å². The van der Waals surface area contributed by atoms with Gasteiger partial charge in [-0.15, -0.1) is 0 Å². The van der Waals surface area contributed by atoms with E-state index in [-0.39, 0.29) is 34.2 Å². The Balaban J connectivity index is 1.45. The van der Waals surface area contributed by atoms with Gasteiger partial charge in [-0.1, -0.05) is 35.9 Å². The zero-order chi connectivity index (χ0) is 26.5. The standard InChI is InChI=1S/C27H19ClFN7O2/c28-21-13-22(29)20(23-8-4-5-10-31-23)12-19(21)26(37)34-25-14-24(35-36(25)18-6-2-1-3-7-18)27(38)32-15-17-9-11-30-16-33-17/h1-14,16H,15H2,(H,32,38)(H,34,37). The Morgan fingerprint density at radius 1 is 0.921 bits per heavy atom. The molecule has 38 heavy (non-hydrogen) atoms. The molecule has 9 nitrogen and oxygen atoms in total. The molecule has 0 fully saturated rings. The molecule has 0 radical (unpaired) electrons. The van der Waals surface area contributed by atoms with Crippen LogP contribution < -0.4 is 10.6 Å². The number of pyridine rings is 1. The van der Waals surface area contributed by atoms with Gasteiger partial charge in [0, 0.05) is 24.0 Å². The summed E-state index contributed by atoms with van der Waals surface area (Å²) in [6, 6.07) is 19.6. The van der Waals surface area contributed by atoms with Crippen molar-refractivity contribution in [2.24, 2.45) is 0 Å². The number of anilines is 1. The summed E-state index contributed by atoms with van der Waals surface area (Å²) in [6.45, 7) is 0.169. The van der Waals surface area contributed by atoms with E-state index in [4.69, 9.17) is 11.6 Å². The molecule has 0 bridgehead atoms. The Morgan fingerprint density at radius 2 is 1.74 bits per heavy atom. The molecule has 0 spiro atoms. The minimum Gasteiger partial charge on any atom is -0.345 e. The summed E-state index contributed by atoms with van der Waals surface area (Å²) in [4.78, 5) is 38.2. The molecule has 0 atom stereocenters. The molecular weight excluding hydrogens is 509 g/mol. The van der Waals surface area contributed by atoms with Crippen LogP contribution >= 0.6 is 11.6 Å². The second-order valence-corrected chi connectivity index (χ2v) is 8.43. The van der Waals surface area contributed by atoms with Crippen LogP contribution in [-0.4, -0.2) is 36.5 Å². The van der Waals surface area contributed by atoms with Gasteiger partial charge in [0.05, 0.1) is 34.2 Å². The molecular formula is C27H19ClFN7O2. The van der Waals surface area contributed by atoms with E-state index in [1.165, 1.54) is 29.3 Å². The molecule has 0 unspecified atom stereocenters. The first-order valence-corrected chi connectivity index (χ1v) is 11.8. The fourth-order valence-corrected chi connectivity index (χ4v) is 3.89. The summed E-state index contributed by atoms with van der Waals surface area (Å²) in [5, 5.41) is 9.81. The van der Waals surface area contributed by atoms with E-state index >= 15 is 0 Å². The predicted molar refractivity (Wildman–Crippen MR) is 139 cm³/mol. The van der Waals surface area contributed by atoms with Crippen molar-refractivity contribution in [2.45, 2.75) is 6.54 Å². The molecule has 3 aromatic heterocycles. The third-order valence-electron chi connectivity index (χ3n) is 5.50. The Hall–Kier alpha value is -4.96. The minimum atomic E-state index is -0.614. The van der Waals surface area contributed by atoms with Gasteiger partial charge in [-0.3, -0.25) is 14.6 Å². The number of hydrogen-bond acceptors (Lipinski definition) is 6. The number of nitrogens with one attached hydrogen (secondary N) is 2.